The van der Waals surface area contributed by atoms with Crippen LogP contribution in [0.4, 0.5) is 0 Å². The van der Waals surface area contributed by atoms with Crippen molar-refractivity contribution in [3.8, 4) is 11.8 Å². The van der Waals surface area contributed by atoms with Gasteiger partial charge in [-0.1, -0.05) is 17.7 Å². The van der Waals surface area contributed by atoms with Crippen LogP contribution in [0.25, 0.3) is 11.8 Å². The number of rotatable bonds is 5. The van der Waals surface area contributed by atoms with E-state index in [9.17, 15) is 10.1 Å². The standard InChI is InChI=1S/C22H24ClN3O2/c1-14-10-17(16(3)26(14)21-8-4-7-20(23)15(21)2)11-18(12-24)22(27)25-13-19-6-5-9-28-19/h4,7-8,10-11,19H,5-6,9,13H2,1-3H3,(H,25,27)/b18-11-/t19-/m1/s1. The van der Waals surface area contributed by atoms with Crippen molar-refractivity contribution in [3.63, 3.8) is 0 Å². The molecule has 28 heavy (non-hydrogen) atoms. The molecule has 146 valence electrons. The summed E-state index contributed by atoms with van der Waals surface area (Å²) in [6, 6.07) is 9.78. The van der Waals surface area contributed by atoms with Crippen molar-refractivity contribution in [2.75, 3.05) is 13.2 Å². The number of nitriles is 1. The van der Waals surface area contributed by atoms with Crippen molar-refractivity contribution in [2.45, 2.75) is 39.7 Å². The van der Waals surface area contributed by atoms with Gasteiger partial charge in [0.15, 0.2) is 0 Å². The van der Waals surface area contributed by atoms with E-state index in [2.05, 4.69) is 9.88 Å². The Morgan fingerprint density at radius 2 is 2.21 bits per heavy atom. The highest BCUT2D eigenvalue weighted by Crippen LogP contribution is 2.28. The fraction of sp³-hybridized carbons (Fsp3) is 0.364. The Morgan fingerprint density at radius 3 is 2.89 bits per heavy atom. The van der Waals surface area contributed by atoms with E-state index in [4.69, 9.17) is 16.3 Å². The molecule has 6 heteroatoms. The van der Waals surface area contributed by atoms with Crippen LogP contribution in [0.15, 0.2) is 29.8 Å². The molecule has 3 rings (SSSR count). The van der Waals surface area contributed by atoms with Gasteiger partial charge in [0.05, 0.1) is 6.10 Å². The summed E-state index contributed by atoms with van der Waals surface area (Å²) in [5.74, 6) is -0.373. The minimum absolute atomic E-state index is 0.0414. The highest BCUT2D eigenvalue weighted by molar-refractivity contribution is 6.31. The quantitative estimate of drug-likeness (QED) is 0.605. The summed E-state index contributed by atoms with van der Waals surface area (Å²) in [7, 11) is 0. The number of aryl methyl sites for hydroxylation is 1. The zero-order chi connectivity index (χ0) is 20.3. The molecule has 0 aliphatic carbocycles. The van der Waals surface area contributed by atoms with Crippen LogP contribution >= 0.6 is 11.6 Å². The third-order valence-corrected chi connectivity index (χ3v) is 5.54. The first-order chi connectivity index (χ1) is 13.4. The summed E-state index contributed by atoms with van der Waals surface area (Å²) >= 11 is 6.28. The third-order valence-electron chi connectivity index (χ3n) is 5.13. The third kappa shape index (κ3) is 4.14. The topological polar surface area (TPSA) is 67.0 Å². The Balaban J connectivity index is 1.87. The van der Waals surface area contributed by atoms with Crippen molar-refractivity contribution >= 4 is 23.6 Å². The number of halogens is 1. The summed E-state index contributed by atoms with van der Waals surface area (Å²) in [6.07, 6.45) is 3.63. The average molecular weight is 398 g/mol. The lowest BCUT2D eigenvalue weighted by Gasteiger charge is -2.13. The summed E-state index contributed by atoms with van der Waals surface area (Å²) in [4.78, 5) is 12.4. The molecule has 0 radical (unpaired) electrons. The van der Waals surface area contributed by atoms with Crippen LogP contribution in [-0.2, 0) is 9.53 Å². The van der Waals surface area contributed by atoms with Gasteiger partial charge in [-0.3, -0.25) is 4.79 Å². The maximum Gasteiger partial charge on any atom is 0.262 e. The van der Waals surface area contributed by atoms with Crippen LogP contribution in [0.3, 0.4) is 0 Å². The zero-order valence-electron chi connectivity index (χ0n) is 16.4. The molecule has 1 atom stereocenters. The largest absolute Gasteiger partial charge is 0.376 e. The van der Waals surface area contributed by atoms with E-state index >= 15 is 0 Å². The van der Waals surface area contributed by atoms with E-state index in [1.54, 1.807) is 6.08 Å². The minimum atomic E-state index is -0.373. The molecule has 1 aromatic heterocycles. The van der Waals surface area contributed by atoms with Gasteiger partial charge in [0.25, 0.3) is 5.91 Å². The summed E-state index contributed by atoms with van der Waals surface area (Å²) in [5, 5.41) is 13.0. The molecule has 1 aromatic carbocycles. The van der Waals surface area contributed by atoms with E-state index in [0.29, 0.717) is 11.6 Å². The molecule has 1 amide bonds. The first-order valence-electron chi connectivity index (χ1n) is 9.38. The molecule has 1 N–H and O–H groups in total. The van der Waals surface area contributed by atoms with Crippen LogP contribution in [0, 0.1) is 32.1 Å². The number of amides is 1. The Morgan fingerprint density at radius 1 is 1.43 bits per heavy atom. The molecule has 1 aliphatic rings. The second-order valence-electron chi connectivity index (χ2n) is 7.06. The van der Waals surface area contributed by atoms with Crippen LogP contribution in [0.2, 0.25) is 5.02 Å². The smallest absolute Gasteiger partial charge is 0.262 e. The molecular weight excluding hydrogens is 374 g/mol. The maximum absolute atomic E-state index is 12.4. The Kier molecular flexibility index (Phi) is 6.23. The first kappa shape index (κ1) is 20.2. The Bertz CT molecular complexity index is 963. The first-order valence-corrected chi connectivity index (χ1v) is 9.76. The predicted molar refractivity (Wildman–Crippen MR) is 111 cm³/mol. The number of carbonyl (C=O) groups is 1. The average Bonchev–Trinajstić information content (AvgIpc) is 3.28. The minimum Gasteiger partial charge on any atom is -0.376 e. The van der Waals surface area contributed by atoms with Gasteiger partial charge in [-0.2, -0.15) is 5.26 Å². The van der Waals surface area contributed by atoms with Gasteiger partial charge in [0.1, 0.15) is 11.6 Å². The van der Waals surface area contributed by atoms with E-state index in [0.717, 1.165) is 47.7 Å². The van der Waals surface area contributed by atoms with Gasteiger partial charge in [-0.25, -0.2) is 0 Å². The highest BCUT2D eigenvalue weighted by Gasteiger charge is 2.19. The lowest BCUT2D eigenvalue weighted by atomic mass is 10.1. The molecule has 0 saturated carbocycles. The van der Waals surface area contributed by atoms with E-state index in [1.807, 2.05) is 51.1 Å². The SMILES string of the molecule is Cc1c(Cl)cccc1-n1c(C)cc(/C=C(/C#N)C(=O)NC[C@H]2CCCO2)c1C. The van der Waals surface area contributed by atoms with Crippen molar-refractivity contribution in [1.82, 2.24) is 9.88 Å². The van der Waals surface area contributed by atoms with Gasteiger partial charge < -0.3 is 14.6 Å². The number of aromatic nitrogens is 1. The number of carbonyl (C=O) groups excluding carboxylic acids is 1. The number of ether oxygens (including phenoxy) is 1. The molecular formula is C22H24ClN3O2. The molecule has 1 aliphatic heterocycles. The normalized spacial score (nSPS) is 16.8. The molecule has 1 saturated heterocycles. The van der Waals surface area contributed by atoms with Crippen molar-refractivity contribution in [2.24, 2.45) is 0 Å². The molecule has 5 nitrogen and oxygen atoms in total. The maximum atomic E-state index is 12.4. The lowest BCUT2D eigenvalue weighted by Crippen LogP contribution is -2.32. The summed E-state index contributed by atoms with van der Waals surface area (Å²) < 4.78 is 7.60. The molecule has 0 unspecified atom stereocenters. The highest BCUT2D eigenvalue weighted by atomic mass is 35.5. The lowest BCUT2D eigenvalue weighted by molar-refractivity contribution is -0.117. The van der Waals surface area contributed by atoms with E-state index in [-0.39, 0.29) is 17.6 Å². The van der Waals surface area contributed by atoms with Gasteiger partial charge in [-0.15, -0.1) is 0 Å². The monoisotopic (exact) mass is 397 g/mol. The van der Waals surface area contributed by atoms with Gasteiger partial charge >= 0.3 is 0 Å². The fourth-order valence-corrected chi connectivity index (χ4v) is 3.72. The predicted octanol–water partition coefficient (Wildman–Crippen LogP) is 4.26. The van der Waals surface area contributed by atoms with Crippen LogP contribution < -0.4 is 5.32 Å². The summed E-state index contributed by atoms with van der Waals surface area (Å²) in [6.45, 7) is 7.10. The number of hydrogen-bond donors (Lipinski definition) is 1. The molecule has 2 aromatic rings. The van der Waals surface area contributed by atoms with Gasteiger partial charge in [0, 0.05) is 35.2 Å². The Hall–Kier alpha value is -2.55. The second-order valence-corrected chi connectivity index (χ2v) is 7.47. The number of hydrogen-bond acceptors (Lipinski definition) is 3. The van der Waals surface area contributed by atoms with Crippen molar-refractivity contribution in [1.29, 1.82) is 5.26 Å². The van der Waals surface area contributed by atoms with E-state index in [1.165, 1.54) is 0 Å². The number of nitrogens with zero attached hydrogens (tertiary/aromatic N) is 2. The van der Waals surface area contributed by atoms with Crippen LogP contribution in [0.1, 0.15) is 35.4 Å². The Labute approximate surface area is 170 Å². The second kappa shape index (κ2) is 8.64. The molecule has 0 bridgehead atoms. The number of benzene rings is 1. The van der Waals surface area contributed by atoms with Crippen LogP contribution in [-0.4, -0.2) is 29.7 Å². The van der Waals surface area contributed by atoms with E-state index < -0.39 is 0 Å². The summed E-state index contributed by atoms with van der Waals surface area (Å²) in [5.41, 5.74) is 4.84. The zero-order valence-corrected chi connectivity index (χ0v) is 17.1. The number of nitrogens with one attached hydrogen (secondary N) is 1. The van der Waals surface area contributed by atoms with Crippen molar-refractivity contribution < 1.29 is 9.53 Å². The van der Waals surface area contributed by atoms with Gasteiger partial charge in [0.2, 0.25) is 0 Å². The van der Waals surface area contributed by atoms with Crippen LogP contribution in [0.5, 0.6) is 0 Å². The van der Waals surface area contributed by atoms with Gasteiger partial charge in [-0.05, 0) is 69.0 Å². The van der Waals surface area contributed by atoms with Crippen molar-refractivity contribution in [3.05, 3.63) is 57.4 Å². The molecule has 1 fully saturated rings. The fourth-order valence-electron chi connectivity index (χ4n) is 3.55. The molecule has 0 spiro atoms. The molecule has 2 heterocycles.